The van der Waals surface area contributed by atoms with Crippen LogP contribution in [0, 0.1) is 10.1 Å². The van der Waals surface area contributed by atoms with Gasteiger partial charge < -0.3 is 25.9 Å². The van der Waals surface area contributed by atoms with Crippen molar-refractivity contribution in [2.45, 2.75) is 19.3 Å². The Balaban J connectivity index is 0.000000310. The Hall–Kier alpha value is -4.64. The zero-order valence-corrected chi connectivity index (χ0v) is 17.9. The first kappa shape index (κ1) is 25.6. The molecule has 11 nitrogen and oxygen atoms in total. The van der Waals surface area contributed by atoms with E-state index < -0.39 is 16.9 Å². The highest BCUT2D eigenvalue weighted by atomic mass is 16.6. The van der Waals surface area contributed by atoms with Crippen LogP contribution in [0.5, 0.6) is 11.5 Å². The SMILES string of the molecule is NOc1ccc(CCCc2ccc([N+](=O)[O-])cc2)cc1C(=O)O.Nc1ccc(O)c(C(=O)O)c1. The molecular formula is C23H23N3O8. The average molecular weight is 469 g/mol. The second kappa shape index (κ2) is 11.8. The van der Waals surface area contributed by atoms with Crippen molar-refractivity contribution < 1.29 is 34.7 Å². The molecule has 178 valence electrons. The zero-order valence-electron chi connectivity index (χ0n) is 17.9. The molecule has 0 radical (unpaired) electrons. The molecule has 0 aliphatic carbocycles. The molecule has 0 unspecified atom stereocenters. The number of nitro benzene ring substituents is 1. The lowest BCUT2D eigenvalue weighted by atomic mass is 10.0. The van der Waals surface area contributed by atoms with E-state index in [4.69, 9.17) is 27.0 Å². The van der Waals surface area contributed by atoms with E-state index in [-0.39, 0.29) is 28.3 Å². The Bertz CT molecular complexity index is 1180. The van der Waals surface area contributed by atoms with Crippen molar-refractivity contribution in [3.05, 3.63) is 93.0 Å². The van der Waals surface area contributed by atoms with Crippen molar-refractivity contribution in [2.75, 3.05) is 5.73 Å². The third-order valence-corrected chi connectivity index (χ3v) is 4.73. The van der Waals surface area contributed by atoms with Gasteiger partial charge in [0.1, 0.15) is 16.9 Å². The number of nitrogen functional groups attached to an aromatic ring is 1. The summed E-state index contributed by atoms with van der Waals surface area (Å²) in [5.41, 5.74) is 7.39. The van der Waals surface area contributed by atoms with Crippen LogP contribution >= 0.6 is 0 Å². The Labute approximate surface area is 193 Å². The molecule has 0 aliphatic rings. The average Bonchev–Trinajstić information content (AvgIpc) is 2.81. The third-order valence-electron chi connectivity index (χ3n) is 4.73. The van der Waals surface area contributed by atoms with Crippen molar-refractivity contribution in [3.63, 3.8) is 0 Å². The molecule has 0 saturated heterocycles. The van der Waals surface area contributed by atoms with Crippen molar-refractivity contribution in [2.24, 2.45) is 5.90 Å². The highest BCUT2D eigenvalue weighted by Crippen LogP contribution is 2.21. The molecule has 0 bridgehead atoms. The van der Waals surface area contributed by atoms with Crippen LogP contribution in [0.2, 0.25) is 0 Å². The monoisotopic (exact) mass is 469 g/mol. The molecule has 3 aromatic carbocycles. The lowest BCUT2D eigenvalue weighted by Gasteiger charge is -2.07. The van der Waals surface area contributed by atoms with E-state index in [0.717, 1.165) is 24.0 Å². The van der Waals surface area contributed by atoms with Gasteiger partial charge in [0.15, 0.2) is 5.75 Å². The van der Waals surface area contributed by atoms with Gasteiger partial charge in [0, 0.05) is 17.8 Å². The number of aromatic hydroxyl groups is 1. The molecule has 0 fully saturated rings. The summed E-state index contributed by atoms with van der Waals surface area (Å²) in [4.78, 5) is 36.2. The van der Waals surface area contributed by atoms with Crippen LogP contribution in [-0.4, -0.2) is 32.2 Å². The number of non-ortho nitro benzene ring substituents is 1. The minimum absolute atomic E-state index is 0.0281. The van der Waals surface area contributed by atoms with Crippen molar-refractivity contribution in [1.82, 2.24) is 0 Å². The zero-order chi connectivity index (χ0) is 25.3. The first-order valence-electron chi connectivity index (χ1n) is 9.90. The molecule has 0 aromatic heterocycles. The van der Waals surface area contributed by atoms with E-state index in [0.29, 0.717) is 12.1 Å². The van der Waals surface area contributed by atoms with Crippen LogP contribution in [0.1, 0.15) is 38.3 Å². The number of nitro groups is 1. The number of carbonyl (C=O) groups is 2. The van der Waals surface area contributed by atoms with Crippen LogP contribution in [0.15, 0.2) is 60.7 Å². The molecule has 0 aliphatic heterocycles. The van der Waals surface area contributed by atoms with E-state index in [1.165, 1.54) is 36.4 Å². The van der Waals surface area contributed by atoms with Gasteiger partial charge in [-0.2, -0.15) is 5.90 Å². The molecular weight excluding hydrogens is 446 g/mol. The summed E-state index contributed by atoms with van der Waals surface area (Å²) in [6.07, 6.45) is 2.22. The summed E-state index contributed by atoms with van der Waals surface area (Å²) < 4.78 is 0. The minimum Gasteiger partial charge on any atom is -0.507 e. The maximum atomic E-state index is 11.1. The van der Waals surface area contributed by atoms with Crippen LogP contribution in [0.4, 0.5) is 11.4 Å². The minimum atomic E-state index is -1.19. The number of phenols is 1. The van der Waals surface area contributed by atoms with Gasteiger partial charge in [-0.1, -0.05) is 18.2 Å². The maximum Gasteiger partial charge on any atom is 0.339 e. The van der Waals surface area contributed by atoms with Gasteiger partial charge in [-0.15, -0.1) is 0 Å². The molecule has 0 amide bonds. The molecule has 34 heavy (non-hydrogen) atoms. The number of carboxylic acid groups (broad SMARTS) is 2. The predicted octanol–water partition coefficient (Wildman–Crippen LogP) is 3.39. The lowest BCUT2D eigenvalue weighted by molar-refractivity contribution is -0.384. The standard InChI is InChI=1S/C16H16N2O5.C7H7NO3/c17-23-15-9-6-12(10-14(15)16(19)20)3-1-2-11-4-7-13(8-5-11)18(21)22;8-4-1-2-6(9)5(3-4)7(10)11/h4-10H,1-3,17H2,(H,19,20);1-3,9H,8H2,(H,10,11). The van der Waals surface area contributed by atoms with Crippen LogP contribution in [-0.2, 0) is 12.8 Å². The lowest BCUT2D eigenvalue weighted by Crippen LogP contribution is -2.08. The summed E-state index contributed by atoms with van der Waals surface area (Å²) >= 11 is 0. The molecule has 0 atom stereocenters. The van der Waals surface area contributed by atoms with Gasteiger partial charge in [0.2, 0.25) is 0 Å². The third kappa shape index (κ3) is 7.21. The van der Waals surface area contributed by atoms with E-state index in [1.807, 2.05) is 0 Å². The van der Waals surface area contributed by atoms with Gasteiger partial charge in [0.05, 0.1) is 4.92 Å². The number of hydrogen-bond acceptors (Lipinski definition) is 8. The predicted molar refractivity (Wildman–Crippen MR) is 123 cm³/mol. The van der Waals surface area contributed by atoms with Gasteiger partial charge in [0.25, 0.3) is 5.69 Å². The number of nitrogens with two attached hydrogens (primary N) is 2. The van der Waals surface area contributed by atoms with Crippen LogP contribution in [0.3, 0.4) is 0 Å². The second-order valence-corrected chi connectivity index (χ2v) is 7.11. The largest absolute Gasteiger partial charge is 0.507 e. The number of rotatable bonds is 8. The highest BCUT2D eigenvalue weighted by molar-refractivity contribution is 5.92. The molecule has 0 spiro atoms. The van der Waals surface area contributed by atoms with E-state index in [1.54, 1.807) is 24.3 Å². The number of carboxylic acids is 2. The quantitative estimate of drug-likeness (QED) is 0.141. The van der Waals surface area contributed by atoms with Crippen LogP contribution < -0.4 is 16.5 Å². The Kier molecular flexibility index (Phi) is 8.91. The van der Waals surface area contributed by atoms with Gasteiger partial charge in [-0.3, -0.25) is 10.1 Å². The second-order valence-electron chi connectivity index (χ2n) is 7.11. The summed E-state index contributed by atoms with van der Waals surface area (Å²) in [5.74, 6) is 2.61. The number of anilines is 1. The summed E-state index contributed by atoms with van der Waals surface area (Å²) in [6, 6.07) is 15.1. The van der Waals surface area contributed by atoms with E-state index in [2.05, 4.69) is 4.84 Å². The summed E-state index contributed by atoms with van der Waals surface area (Å²) in [6.45, 7) is 0. The molecule has 0 heterocycles. The highest BCUT2D eigenvalue weighted by Gasteiger charge is 2.12. The van der Waals surface area contributed by atoms with Crippen molar-refractivity contribution in [3.8, 4) is 11.5 Å². The number of nitrogens with zero attached hydrogens (tertiary/aromatic N) is 1. The molecule has 7 N–H and O–H groups in total. The Morgan fingerprint density at radius 3 is 2.00 bits per heavy atom. The molecule has 3 aromatic rings. The number of benzene rings is 3. The number of aromatic carboxylic acids is 2. The topological polar surface area (TPSA) is 199 Å². The van der Waals surface area contributed by atoms with Gasteiger partial charge in [-0.05, 0) is 60.7 Å². The number of hydrogen-bond donors (Lipinski definition) is 5. The van der Waals surface area contributed by atoms with Gasteiger partial charge >= 0.3 is 11.9 Å². The Morgan fingerprint density at radius 1 is 0.882 bits per heavy atom. The molecule has 11 heteroatoms. The first-order valence-corrected chi connectivity index (χ1v) is 9.90. The van der Waals surface area contributed by atoms with Gasteiger partial charge in [-0.25, -0.2) is 9.59 Å². The number of aryl methyl sites for hydroxylation is 2. The van der Waals surface area contributed by atoms with Crippen molar-refractivity contribution >= 4 is 23.3 Å². The molecule has 0 saturated carbocycles. The van der Waals surface area contributed by atoms with Crippen molar-refractivity contribution in [1.29, 1.82) is 0 Å². The smallest absolute Gasteiger partial charge is 0.339 e. The van der Waals surface area contributed by atoms with Crippen LogP contribution in [0.25, 0.3) is 0 Å². The van der Waals surface area contributed by atoms with E-state index in [9.17, 15) is 19.7 Å². The Morgan fingerprint density at radius 2 is 1.47 bits per heavy atom. The maximum absolute atomic E-state index is 11.1. The first-order chi connectivity index (χ1) is 16.1. The fourth-order valence-corrected chi connectivity index (χ4v) is 3.01. The fraction of sp³-hybridized carbons (Fsp3) is 0.130. The molecule has 3 rings (SSSR count). The fourth-order valence-electron chi connectivity index (χ4n) is 3.01. The normalized spacial score (nSPS) is 10.0. The van der Waals surface area contributed by atoms with E-state index >= 15 is 0 Å². The summed E-state index contributed by atoms with van der Waals surface area (Å²) in [7, 11) is 0. The summed E-state index contributed by atoms with van der Waals surface area (Å²) in [5, 5.41) is 37.1.